The average Bonchev–Trinajstić information content (AvgIpc) is 3.13. The number of benzene rings is 1. The van der Waals surface area contributed by atoms with Crippen molar-refractivity contribution in [3.63, 3.8) is 0 Å². The molecule has 1 N–H and O–H groups in total. The molecule has 3 heterocycles. The zero-order valence-corrected chi connectivity index (χ0v) is 15.5. The summed E-state index contributed by atoms with van der Waals surface area (Å²) in [5.41, 5.74) is 3.23. The smallest absolute Gasteiger partial charge is 0.249 e. The Labute approximate surface area is 148 Å². The summed E-state index contributed by atoms with van der Waals surface area (Å²) in [6, 6.07) is 3.78. The fourth-order valence-corrected chi connectivity index (χ4v) is 6.10. The van der Waals surface area contributed by atoms with Crippen LogP contribution in [0.15, 0.2) is 12.1 Å². The third-order valence-electron chi connectivity index (χ3n) is 4.81. The Hall–Kier alpha value is -1.60. The molecule has 4 rings (SSSR count). The van der Waals surface area contributed by atoms with Crippen molar-refractivity contribution in [2.24, 2.45) is 0 Å². The van der Waals surface area contributed by atoms with Crippen LogP contribution in [0, 0.1) is 13.8 Å². The lowest BCUT2D eigenvalue weighted by Crippen LogP contribution is -2.48. The van der Waals surface area contributed by atoms with Crippen LogP contribution in [0.4, 0.5) is 5.13 Å². The molecule has 1 aromatic heterocycles. The molecular weight excluding hydrogens is 342 g/mol. The van der Waals surface area contributed by atoms with Crippen molar-refractivity contribution in [2.75, 3.05) is 11.1 Å². The van der Waals surface area contributed by atoms with E-state index < -0.39 is 6.04 Å². The number of nitrogens with one attached hydrogen (secondary N) is 1. The number of aryl methyl sites for hydroxylation is 2. The maximum Gasteiger partial charge on any atom is 0.249 e. The highest BCUT2D eigenvalue weighted by molar-refractivity contribution is 8.01. The molecule has 2 fully saturated rings. The number of thioether (sulfide) groups is 1. The Morgan fingerprint density at radius 3 is 3.00 bits per heavy atom. The molecular formula is C17H19N3O2S2. The molecule has 1 aromatic carbocycles. The van der Waals surface area contributed by atoms with Crippen LogP contribution in [0.5, 0.6) is 0 Å². The average molecular weight is 361 g/mol. The van der Waals surface area contributed by atoms with Crippen LogP contribution in [-0.2, 0) is 9.59 Å². The maximum absolute atomic E-state index is 12.7. The monoisotopic (exact) mass is 361 g/mol. The maximum atomic E-state index is 12.7. The second-order valence-corrected chi connectivity index (χ2v) is 9.23. The van der Waals surface area contributed by atoms with E-state index >= 15 is 0 Å². The number of aromatic nitrogens is 1. The zero-order valence-electron chi connectivity index (χ0n) is 13.9. The number of amides is 2. The summed E-state index contributed by atoms with van der Waals surface area (Å²) < 4.78 is 1.07. The standard InChI is InChI=1S/C17H19N3O2S2/c1-9-6-10(2)14-12(7-9)24-16(18-14)19-15(22)11-8-23-17(3)5-4-13(21)20(11)17/h6-7,11H,4-5,8H2,1-3H3,(H,18,19,22)/t11-,17+/m1/s1. The number of nitrogens with zero attached hydrogens (tertiary/aromatic N) is 2. The van der Waals surface area contributed by atoms with Crippen molar-refractivity contribution >= 4 is 50.3 Å². The molecule has 2 aliphatic rings. The zero-order chi connectivity index (χ0) is 17.1. The Bertz CT molecular complexity index is 863. The second kappa shape index (κ2) is 5.46. The minimum absolute atomic E-state index is 0.0819. The normalized spacial score (nSPS) is 26.2. The van der Waals surface area contributed by atoms with Gasteiger partial charge in [-0.05, 0) is 44.4 Å². The van der Waals surface area contributed by atoms with Gasteiger partial charge in [0.25, 0.3) is 0 Å². The van der Waals surface area contributed by atoms with Crippen molar-refractivity contribution in [2.45, 2.75) is 44.5 Å². The molecule has 0 saturated carbocycles. The molecule has 2 aliphatic heterocycles. The van der Waals surface area contributed by atoms with Gasteiger partial charge in [0.05, 0.1) is 15.1 Å². The van der Waals surface area contributed by atoms with Crippen LogP contribution in [0.2, 0.25) is 0 Å². The van der Waals surface area contributed by atoms with E-state index in [2.05, 4.69) is 36.3 Å². The summed E-state index contributed by atoms with van der Waals surface area (Å²) in [6.45, 7) is 6.14. The molecule has 24 heavy (non-hydrogen) atoms. The molecule has 2 atom stereocenters. The summed E-state index contributed by atoms with van der Waals surface area (Å²) in [5.74, 6) is 0.602. The van der Waals surface area contributed by atoms with Crippen molar-refractivity contribution in [1.29, 1.82) is 0 Å². The number of thiazole rings is 1. The molecule has 0 unspecified atom stereocenters. The number of anilines is 1. The quantitative estimate of drug-likeness (QED) is 0.891. The predicted octanol–water partition coefficient (Wildman–Crippen LogP) is 3.31. The Balaban J connectivity index is 1.59. The fraction of sp³-hybridized carbons (Fsp3) is 0.471. The van der Waals surface area contributed by atoms with E-state index in [1.165, 1.54) is 16.9 Å². The molecule has 2 aromatic rings. The number of hydrogen-bond donors (Lipinski definition) is 1. The Morgan fingerprint density at radius 2 is 2.21 bits per heavy atom. The first-order chi connectivity index (χ1) is 11.4. The first-order valence-corrected chi connectivity index (χ1v) is 9.82. The lowest BCUT2D eigenvalue weighted by atomic mass is 10.1. The molecule has 5 nitrogen and oxygen atoms in total. The van der Waals surface area contributed by atoms with Crippen molar-refractivity contribution in [3.8, 4) is 0 Å². The lowest BCUT2D eigenvalue weighted by Gasteiger charge is -2.29. The molecule has 0 aliphatic carbocycles. The topological polar surface area (TPSA) is 62.3 Å². The lowest BCUT2D eigenvalue weighted by molar-refractivity contribution is -0.135. The summed E-state index contributed by atoms with van der Waals surface area (Å²) >= 11 is 3.19. The van der Waals surface area contributed by atoms with Crippen molar-refractivity contribution < 1.29 is 9.59 Å². The fourth-order valence-electron chi connectivity index (χ4n) is 3.63. The van der Waals surface area contributed by atoms with Gasteiger partial charge in [-0.3, -0.25) is 9.59 Å². The van der Waals surface area contributed by atoms with Gasteiger partial charge in [0.2, 0.25) is 11.8 Å². The van der Waals surface area contributed by atoms with E-state index in [4.69, 9.17) is 0 Å². The van der Waals surface area contributed by atoms with Crippen molar-refractivity contribution in [3.05, 3.63) is 23.3 Å². The van der Waals surface area contributed by atoms with Crippen LogP contribution in [0.25, 0.3) is 10.2 Å². The van der Waals surface area contributed by atoms with E-state index in [0.717, 1.165) is 22.2 Å². The number of carbonyl (C=O) groups is 2. The van der Waals surface area contributed by atoms with Gasteiger partial charge in [0, 0.05) is 12.2 Å². The van der Waals surface area contributed by atoms with Crippen LogP contribution in [-0.4, -0.2) is 38.4 Å². The molecule has 7 heteroatoms. The molecule has 0 spiro atoms. The highest BCUT2D eigenvalue weighted by Gasteiger charge is 2.52. The third kappa shape index (κ3) is 2.41. The first kappa shape index (κ1) is 15.9. The van der Waals surface area contributed by atoms with Gasteiger partial charge >= 0.3 is 0 Å². The van der Waals surface area contributed by atoms with E-state index in [1.807, 2.05) is 6.92 Å². The van der Waals surface area contributed by atoms with Gasteiger partial charge in [-0.15, -0.1) is 11.8 Å². The highest BCUT2D eigenvalue weighted by Crippen LogP contribution is 2.47. The summed E-state index contributed by atoms with van der Waals surface area (Å²) in [4.78, 5) is 31.0. The summed E-state index contributed by atoms with van der Waals surface area (Å²) in [5, 5.41) is 3.54. The summed E-state index contributed by atoms with van der Waals surface area (Å²) in [6.07, 6.45) is 1.35. The van der Waals surface area contributed by atoms with Gasteiger partial charge in [-0.25, -0.2) is 4.98 Å². The van der Waals surface area contributed by atoms with E-state index in [9.17, 15) is 9.59 Å². The second-order valence-electron chi connectivity index (χ2n) is 6.70. The third-order valence-corrected chi connectivity index (χ3v) is 7.23. The first-order valence-electron chi connectivity index (χ1n) is 8.02. The van der Waals surface area contributed by atoms with Crippen molar-refractivity contribution in [1.82, 2.24) is 9.88 Å². The SMILES string of the molecule is Cc1cc(C)c2nc(NC(=O)[C@H]3CS[C@@]4(C)CCC(=O)N34)sc2c1. The molecule has 2 saturated heterocycles. The van der Waals surface area contributed by atoms with Crippen LogP contribution in [0.1, 0.15) is 30.9 Å². The van der Waals surface area contributed by atoms with E-state index in [0.29, 0.717) is 17.3 Å². The van der Waals surface area contributed by atoms with E-state index in [1.54, 1.807) is 16.7 Å². The summed E-state index contributed by atoms with van der Waals surface area (Å²) in [7, 11) is 0. The molecule has 2 amide bonds. The Kier molecular flexibility index (Phi) is 3.61. The van der Waals surface area contributed by atoms with E-state index in [-0.39, 0.29) is 16.7 Å². The number of rotatable bonds is 2. The largest absolute Gasteiger partial charge is 0.315 e. The van der Waals surface area contributed by atoms with Crippen LogP contribution >= 0.6 is 23.1 Å². The van der Waals surface area contributed by atoms with Gasteiger partial charge in [-0.1, -0.05) is 17.4 Å². The van der Waals surface area contributed by atoms with Gasteiger partial charge in [-0.2, -0.15) is 0 Å². The van der Waals surface area contributed by atoms with Gasteiger partial charge < -0.3 is 10.2 Å². The Morgan fingerprint density at radius 1 is 1.42 bits per heavy atom. The molecule has 0 bridgehead atoms. The van der Waals surface area contributed by atoms with Gasteiger partial charge in [0.1, 0.15) is 6.04 Å². The van der Waals surface area contributed by atoms with Crippen LogP contribution < -0.4 is 5.32 Å². The minimum Gasteiger partial charge on any atom is -0.315 e. The molecule has 0 radical (unpaired) electrons. The number of hydrogen-bond acceptors (Lipinski definition) is 5. The number of carbonyl (C=O) groups excluding carboxylic acids is 2. The molecule has 126 valence electrons. The van der Waals surface area contributed by atoms with Gasteiger partial charge in [0.15, 0.2) is 5.13 Å². The predicted molar refractivity (Wildman–Crippen MR) is 98.5 cm³/mol. The van der Waals surface area contributed by atoms with Crippen LogP contribution in [0.3, 0.4) is 0 Å². The highest BCUT2D eigenvalue weighted by atomic mass is 32.2. The number of fused-ring (bicyclic) bond motifs is 2. The minimum atomic E-state index is -0.398.